The second-order valence-corrected chi connectivity index (χ2v) is 6.37. The molecule has 0 spiro atoms. The quantitative estimate of drug-likeness (QED) is 0.889. The minimum Gasteiger partial charge on any atom is -0.354 e. The summed E-state index contributed by atoms with van der Waals surface area (Å²) in [5.41, 5.74) is 2.43. The third-order valence-electron chi connectivity index (χ3n) is 4.58. The lowest BCUT2D eigenvalue weighted by molar-refractivity contribution is -0.127. The van der Waals surface area contributed by atoms with Gasteiger partial charge >= 0.3 is 0 Å². The van der Waals surface area contributed by atoms with E-state index in [0.717, 1.165) is 37.9 Å². The maximum atomic E-state index is 12.6. The van der Waals surface area contributed by atoms with E-state index in [4.69, 9.17) is 0 Å². The first-order chi connectivity index (χ1) is 11.8. The molecule has 1 aromatic heterocycles. The molecule has 1 aromatic carbocycles. The largest absolute Gasteiger partial charge is 0.354 e. The molecule has 1 aliphatic heterocycles. The second kappa shape index (κ2) is 8.60. The van der Waals surface area contributed by atoms with Gasteiger partial charge in [0.15, 0.2) is 0 Å². The Morgan fingerprint density at radius 3 is 2.75 bits per heavy atom. The number of hydrogen-bond acceptors (Lipinski definition) is 3. The number of piperidine rings is 1. The van der Waals surface area contributed by atoms with Gasteiger partial charge in [-0.15, -0.1) is 0 Å². The number of aromatic nitrogens is 1. The Bertz CT molecular complexity index is 630. The number of carbonyl (C=O) groups excluding carboxylic acids is 1. The summed E-state index contributed by atoms with van der Waals surface area (Å²) in [5, 5.41) is 3.11. The molecular weight excluding hydrogens is 298 g/mol. The average Bonchev–Trinajstić information content (AvgIpc) is 2.64. The molecule has 126 valence electrons. The highest BCUT2D eigenvalue weighted by atomic mass is 16.2. The Kier molecular flexibility index (Phi) is 5.96. The maximum absolute atomic E-state index is 12.6. The Hall–Kier alpha value is -2.20. The lowest BCUT2D eigenvalue weighted by Gasteiger charge is -2.34. The fraction of sp³-hybridized carbons (Fsp3) is 0.400. The average molecular weight is 323 g/mol. The summed E-state index contributed by atoms with van der Waals surface area (Å²) < 4.78 is 0. The van der Waals surface area contributed by atoms with Crippen molar-refractivity contribution in [1.29, 1.82) is 0 Å². The summed E-state index contributed by atoms with van der Waals surface area (Å²) in [6.07, 6.45) is 7.70. The lowest BCUT2D eigenvalue weighted by Crippen LogP contribution is -2.49. The summed E-state index contributed by atoms with van der Waals surface area (Å²) in [6, 6.07) is 14.4. The molecular formula is C20H25N3O. The van der Waals surface area contributed by atoms with Crippen LogP contribution in [-0.4, -0.2) is 34.9 Å². The number of carbonyl (C=O) groups is 1. The highest BCUT2D eigenvalue weighted by Crippen LogP contribution is 2.19. The maximum Gasteiger partial charge on any atom is 0.237 e. The van der Waals surface area contributed by atoms with E-state index < -0.39 is 0 Å². The summed E-state index contributed by atoms with van der Waals surface area (Å²) >= 11 is 0. The van der Waals surface area contributed by atoms with Crippen LogP contribution in [0.5, 0.6) is 0 Å². The van der Waals surface area contributed by atoms with Crippen LogP contribution in [0.2, 0.25) is 0 Å². The molecule has 2 aromatic rings. The predicted octanol–water partition coefficient (Wildman–Crippen LogP) is 2.80. The van der Waals surface area contributed by atoms with Crippen molar-refractivity contribution in [2.24, 2.45) is 0 Å². The molecule has 24 heavy (non-hydrogen) atoms. The zero-order chi connectivity index (χ0) is 16.6. The van der Waals surface area contributed by atoms with Gasteiger partial charge in [0.1, 0.15) is 0 Å². The van der Waals surface area contributed by atoms with Gasteiger partial charge in [-0.05, 0) is 43.0 Å². The first-order valence-electron chi connectivity index (χ1n) is 8.77. The zero-order valence-corrected chi connectivity index (χ0v) is 14.0. The van der Waals surface area contributed by atoms with Gasteiger partial charge in [-0.3, -0.25) is 14.7 Å². The van der Waals surface area contributed by atoms with Crippen LogP contribution >= 0.6 is 0 Å². The van der Waals surface area contributed by atoms with E-state index >= 15 is 0 Å². The number of hydrogen-bond donors (Lipinski definition) is 1. The first kappa shape index (κ1) is 16.7. The second-order valence-electron chi connectivity index (χ2n) is 6.37. The lowest BCUT2D eigenvalue weighted by atomic mass is 10.00. The normalized spacial score (nSPS) is 18.2. The van der Waals surface area contributed by atoms with Crippen molar-refractivity contribution < 1.29 is 4.79 Å². The number of nitrogens with one attached hydrogen (secondary N) is 1. The highest BCUT2D eigenvalue weighted by molar-refractivity contribution is 5.81. The summed E-state index contributed by atoms with van der Waals surface area (Å²) in [4.78, 5) is 19.0. The minimum absolute atomic E-state index is 0.00662. The van der Waals surface area contributed by atoms with E-state index in [0.29, 0.717) is 6.54 Å². The topological polar surface area (TPSA) is 45.2 Å². The molecule has 1 amide bonds. The molecule has 1 aliphatic rings. The third kappa shape index (κ3) is 4.65. The van der Waals surface area contributed by atoms with E-state index in [1.807, 2.05) is 24.4 Å². The molecule has 4 heteroatoms. The smallest absolute Gasteiger partial charge is 0.237 e. The minimum atomic E-state index is -0.00662. The molecule has 4 nitrogen and oxygen atoms in total. The SMILES string of the molecule is O=C(NCCc1cccnc1)[C@@H]1CCCCN1Cc1ccccc1. The summed E-state index contributed by atoms with van der Waals surface area (Å²) in [7, 11) is 0. The number of benzene rings is 1. The van der Waals surface area contributed by atoms with E-state index in [9.17, 15) is 4.79 Å². The summed E-state index contributed by atoms with van der Waals surface area (Å²) in [6.45, 7) is 2.51. The number of amides is 1. The van der Waals surface area contributed by atoms with Gasteiger partial charge in [-0.1, -0.05) is 42.8 Å². The van der Waals surface area contributed by atoms with Crippen LogP contribution in [-0.2, 0) is 17.8 Å². The Morgan fingerprint density at radius 2 is 1.96 bits per heavy atom. The first-order valence-corrected chi connectivity index (χ1v) is 8.77. The van der Waals surface area contributed by atoms with Crippen LogP contribution in [0.3, 0.4) is 0 Å². The molecule has 3 rings (SSSR count). The van der Waals surface area contributed by atoms with Crippen molar-refractivity contribution in [3.63, 3.8) is 0 Å². The molecule has 0 radical (unpaired) electrons. The van der Waals surface area contributed by atoms with Crippen LogP contribution in [0.1, 0.15) is 30.4 Å². The highest BCUT2D eigenvalue weighted by Gasteiger charge is 2.28. The van der Waals surface area contributed by atoms with Crippen LogP contribution in [0.25, 0.3) is 0 Å². The van der Waals surface area contributed by atoms with Crippen LogP contribution in [0, 0.1) is 0 Å². The van der Waals surface area contributed by atoms with Crippen molar-refractivity contribution in [1.82, 2.24) is 15.2 Å². The van der Waals surface area contributed by atoms with Gasteiger partial charge in [0, 0.05) is 25.5 Å². The zero-order valence-electron chi connectivity index (χ0n) is 14.0. The van der Waals surface area contributed by atoms with E-state index in [1.54, 1.807) is 6.20 Å². The van der Waals surface area contributed by atoms with Gasteiger partial charge in [0.05, 0.1) is 6.04 Å². The molecule has 1 saturated heterocycles. The van der Waals surface area contributed by atoms with Crippen molar-refractivity contribution in [3.8, 4) is 0 Å². The van der Waals surface area contributed by atoms with Gasteiger partial charge in [-0.2, -0.15) is 0 Å². The molecule has 0 unspecified atom stereocenters. The molecule has 0 bridgehead atoms. The van der Waals surface area contributed by atoms with Crippen molar-refractivity contribution in [3.05, 3.63) is 66.0 Å². The molecule has 0 aliphatic carbocycles. The van der Waals surface area contributed by atoms with E-state index in [1.165, 1.54) is 12.0 Å². The van der Waals surface area contributed by atoms with Gasteiger partial charge < -0.3 is 5.32 Å². The molecule has 1 fully saturated rings. The molecule has 1 N–H and O–H groups in total. The van der Waals surface area contributed by atoms with Crippen molar-refractivity contribution in [2.75, 3.05) is 13.1 Å². The Balaban J connectivity index is 1.53. The third-order valence-corrected chi connectivity index (χ3v) is 4.58. The summed E-state index contributed by atoms with van der Waals surface area (Å²) in [5.74, 6) is 0.162. The Labute approximate surface area is 143 Å². The predicted molar refractivity (Wildman–Crippen MR) is 95.4 cm³/mol. The molecule has 0 saturated carbocycles. The van der Waals surface area contributed by atoms with Crippen molar-refractivity contribution in [2.45, 2.75) is 38.3 Å². The fourth-order valence-corrected chi connectivity index (χ4v) is 3.29. The van der Waals surface area contributed by atoms with E-state index in [-0.39, 0.29) is 11.9 Å². The van der Waals surface area contributed by atoms with Crippen LogP contribution in [0.4, 0.5) is 0 Å². The van der Waals surface area contributed by atoms with Gasteiger partial charge in [0.2, 0.25) is 5.91 Å². The van der Waals surface area contributed by atoms with Gasteiger partial charge in [0.25, 0.3) is 0 Å². The van der Waals surface area contributed by atoms with Crippen LogP contribution < -0.4 is 5.32 Å². The van der Waals surface area contributed by atoms with Crippen LogP contribution in [0.15, 0.2) is 54.9 Å². The Morgan fingerprint density at radius 1 is 1.12 bits per heavy atom. The van der Waals surface area contributed by atoms with E-state index in [2.05, 4.69) is 39.5 Å². The number of nitrogens with zero attached hydrogens (tertiary/aromatic N) is 2. The number of likely N-dealkylation sites (tertiary alicyclic amines) is 1. The number of rotatable bonds is 6. The molecule has 1 atom stereocenters. The van der Waals surface area contributed by atoms with Gasteiger partial charge in [-0.25, -0.2) is 0 Å². The number of pyridine rings is 1. The monoisotopic (exact) mass is 323 g/mol. The fourth-order valence-electron chi connectivity index (χ4n) is 3.29. The standard InChI is InChI=1S/C20H25N3O/c24-20(22-13-11-17-9-6-12-21-15-17)19-10-4-5-14-23(19)16-18-7-2-1-3-8-18/h1-3,6-9,12,15,19H,4-5,10-11,13-14,16H2,(H,22,24)/t19-/m0/s1. The van der Waals surface area contributed by atoms with Crippen molar-refractivity contribution >= 4 is 5.91 Å². The molecule has 2 heterocycles.